The van der Waals surface area contributed by atoms with Crippen LogP contribution >= 0.6 is 0 Å². The Bertz CT molecular complexity index is 1080. The quantitative estimate of drug-likeness (QED) is 0.715. The molecule has 0 bridgehead atoms. The van der Waals surface area contributed by atoms with Gasteiger partial charge in [-0.2, -0.15) is 10.2 Å². The van der Waals surface area contributed by atoms with Gasteiger partial charge in [-0.25, -0.2) is 9.78 Å². The molecular formula is C22H26N6O2. The summed E-state index contributed by atoms with van der Waals surface area (Å²) in [6.07, 6.45) is 2.52. The van der Waals surface area contributed by atoms with Crippen LogP contribution in [0.15, 0.2) is 47.4 Å². The van der Waals surface area contributed by atoms with Gasteiger partial charge in [-0.15, -0.1) is 0 Å². The number of carbonyl (C=O) groups is 1. The number of aromatic amines is 1. The summed E-state index contributed by atoms with van der Waals surface area (Å²) in [4.78, 5) is 28.7. The summed E-state index contributed by atoms with van der Waals surface area (Å²) in [5.74, 6) is 0.465. The van der Waals surface area contributed by atoms with Crippen LogP contribution in [0, 0.1) is 13.8 Å². The molecule has 30 heavy (non-hydrogen) atoms. The van der Waals surface area contributed by atoms with E-state index in [9.17, 15) is 9.59 Å². The number of rotatable bonds is 4. The number of hydrogen-bond donors (Lipinski definition) is 1. The number of aryl methyl sites for hydroxylation is 1. The van der Waals surface area contributed by atoms with E-state index in [1.165, 1.54) is 17.2 Å². The van der Waals surface area contributed by atoms with Crippen molar-refractivity contribution in [3.05, 3.63) is 75.3 Å². The van der Waals surface area contributed by atoms with Gasteiger partial charge >= 0.3 is 0 Å². The van der Waals surface area contributed by atoms with Gasteiger partial charge in [0.1, 0.15) is 0 Å². The molecule has 1 fully saturated rings. The number of carbonyl (C=O) groups excluding carboxylic acids is 1. The summed E-state index contributed by atoms with van der Waals surface area (Å²) in [6, 6.07) is 11.4. The third-order valence-electron chi connectivity index (χ3n) is 5.65. The summed E-state index contributed by atoms with van der Waals surface area (Å²) >= 11 is 0. The molecule has 0 saturated carbocycles. The monoisotopic (exact) mass is 406 g/mol. The largest absolute Gasteiger partial charge is 0.337 e. The Morgan fingerprint density at radius 3 is 2.67 bits per heavy atom. The van der Waals surface area contributed by atoms with E-state index in [0.29, 0.717) is 23.6 Å². The molecule has 1 saturated heterocycles. The average molecular weight is 406 g/mol. The third-order valence-corrected chi connectivity index (χ3v) is 5.65. The van der Waals surface area contributed by atoms with Crippen molar-refractivity contribution in [1.29, 1.82) is 0 Å². The second kappa shape index (κ2) is 8.62. The number of hydrogen-bond acceptors (Lipinski definition) is 5. The van der Waals surface area contributed by atoms with Crippen LogP contribution in [0.3, 0.4) is 0 Å². The number of aromatic nitrogens is 4. The highest BCUT2D eigenvalue weighted by atomic mass is 16.2. The summed E-state index contributed by atoms with van der Waals surface area (Å²) in [5, 5.41) is 10.7. The highest BCUT2D eigenvalue weighted by molar-refractivity contribution is 5.95. The van der Waals surface area contributed by atoms with Crippen molar-refractivity contribution in [3.8, 4) is 5.82 Å². The molecule has 3 heterocycles. The molecule has 0 atom stereocenters. The molecule has 8 heteroatoms. The van der Waals surface area contributed by atoms with Gasteiger partial charge in [0, 0.05) is 38.8 Å². The second-order valence-electron chi connectivity index (χ2n) is 7.68. The van der Waals surface area contributed by atoms with Gasteiger partial charge in [0.15, 0.2) is 5.82 Å². The third kappa shape index (κ3) is 4.18. The van der Waals surface area contributed by atoms with Crippen LogP contribution in [0.5, 0.6) is 0 Å². The molecule has 1 aliphatic rings. The predicted octanol–water partition coefficient (Wildman–Crippen LogP) is 1.92. The zero-order chi connectivity index (χ0) is 21.1. The van der Waals surface area contributed by atoms with E-state index in [0.717, 1.165) is 32.6 Å². The fraction of sp³-hybridized carbons (Fsp3) is 0.364. The van der Waals surface area contributed by atoms with Crippen molar-refractivity contribution < 1.29 is 4.79 Å². The summed E-state index contributed by atoms with van der Waals surface area (Å²) in [5.41, 5.74) is 3.63. The molecule has 1 N–H and O–H groups in total. The lowest BCUT2D eigenvalue weighted by Gasteiger charge is -2.22. The number of H-pyrrole nitrogens is 1. The molecule has 1 aliphatic heterocycles. The minimum absolute atomic E-state index is 0.0130. The normalized spacial score (nSPS) is 15.2. The number of benzene rings is 1. The Morgan fingerprint density at radius 1 is 1.07 bits per heavy atom. The smallest absolute Gasteiger partial charge is 0.264 e. The van der Waals surface area contributed by atoms with Crippen molar-refractivity contribution in [3.63, 3.8) is 0 Å². The van der Waals surface area contributed by atoms with Crippen molar-refractivity contribution in [2.45, 2.75) is 26.8 Å². The molecule has 8 nitrogen and oxygen atoms in total. The number of amides is 1. The zero-order valence-electron chi connectivity index (χ0n) is 17.3. The summed E-state index contributed by atoms with van der Waals surface area (Å²) in [6.45, 7) is 8.11. The van der Waals surface area contributed by atoms with Crippen LogP contribution in [0.25, 0.3) is 5.82 Å². The fourth-order valence-electron chi connectivity index (χ4n) is 3.84. The van der Waals surface area contributed by atoms with Crippen LogP contribution in [-0.4, -0.2) is 61.9 Å². The van der Waals surface area contributed by atoms with Crippen LogP contribution in [0.4, 0.5) is 0 Å². The highest BCUT2D eigenvalue weighted by Gasteiger charge is 2.24. The second-order valence-corrected chi connectivity index (χ2v) is 7.68. The molecular weight excluding hydrogens is 380 g/mol. The van der Waals surface area contributed by atoms with E-state index in [1.807, 2.05) is 11.8 Å². The maximum absolute atomic E-state index is 13.2. The van der Waals surface area contributed by atoms with Gasteiger partial charge in [-0.05, 0) is 37.5 Å². The van der Waals surface area contributed by atoms with Gasteiger partial charge in [0.05, 0.1) is 17.5 Å². The summed E-state index contributed by atoms with van der Waals surface area (Å²) < 4.78 is 1.57. The van der Waals surface area contributed by atoms with Crippen LogP contribution < -0.4 is 5.56 Å². The Balaban J connectivity index is 1.45. The number of nitrogens with zero attached hydrogens (tertiary/aromatic N) is 5. The van der Waals surface area contributed by atoms with Crippen molar-refractivity contribution >= 4 is 5.91 Å². The minimum Gasteiger partial charge on any atom is -0.337 e. The molecule has 0 radical (unpaired) electrons. The number of nitrogens with one attached hydrogen (secondary N) is 1. The van der Waals surface area contributed by atoms with Crippen LogP contribution in [0.1, 0.15) is 33.6 Å². The predicted molar refractivity (Wildman–Crippen MR) is 114 cm³/mol. The van der Waals surface area contributed by atoms with Crippen LogP contribution in [0.2, 0.25) is 0 Å². The average Bonchev–Trinajstić information content (AvgIpc) is 2.97. The molecule has 3 aromatic rings. The first-order valence-corrected chi connectivity index (χ1v) is 10.2. The van der Waals surface area contributed by atoms with Crippen LogP contribution in [-0.2, 0) is 6.54 Å². The van der Waals surface area contributed by atoms with Gasteiger partial charge in [0.2, 0.25) is 0 Å². The minimum atomic E-state index is -0.278. The van der Waals surface area contributed by atoms with Gasteiger partial charge < -0.3 is 4.90 Å². The van der Waals surface area contributed by atoms with E-state index in [1.54, 1.807) is 16.9 Å². The van der Waals surface area contributed by atoms with Gasteiger partial charge in [-0.1, -0.05) is 24.3 Å². The zero-order valence-corrected chi connectivity index (χ0v) is 17.3. The Hall–Kier alpha value is -3.26. The van der Waals surface area contributed by atoms with E-state index >= 15 is 0 Å². The Labute approximate surface area is 175 Å². The fourth-order valence-corrected chi connectivity index (χ4v) is 3.84. The molecule has 1 aromatic carbocycles. The van der Waals surface area contributed by atoms with E-state index in [-0.39, 0.29) is 11.5 Å². The van der Waals surface area contributed by atoms with Crippen molar-refractivity contribution in [2.24, 2.45) is 0 Å². The highest BCUT2D eigenvalue weighted by Crippen LogP contribution is 2.17. The molecule has 0 aliphatic carbocycles. The Kier molecular flexibility index (Phi) is 5.76. The van der Waals surface area contributed by atoms with Crippen molar-refractivity contribution in [1.82, 2.24) is 29.8 Å². The lowest BCUT2D eigenvalue weighted by Crippen LogP contribution is -2.35. The van der Waals surface area contributed by atoms with Gasteiger partial charge in [0.25, 0.3) is 11.5 Å². The molecule has 0 unspecified atom stereocenters. The molecule has 1 amide bonds. The first-order valence-electron chi connectivity index (χ1n) is 10.2. The first-order chi connectivity index (χ1) is 14.5. The molecule has 156 valence electrons. The maximum Gasteiger partial charge on any atom is 0.264 e. The molecule has 2 aromatic heterocycles. The lowest BCUT2D eigenvalue weighted by molar-refractivity contribution is 0.0760. The van der Waals surface area contributed by atoms with E-state index < -0.39 is 0 Å². The lowest BCUT2D eigenvalue weighted by atomic mass is 10.1. The molecule has 4 rings (SSSR count). The van der Waals surface area contributed by atoms with Gasteiger partial charge in [-0.3, -0.25) is 14.5 Å². The standard InChI is InChI=1S/C22H26N6O2/c1-16-6-3-4-7-18(16)15-26-10-5-11-27(13-12-26)22(30)19-14-23-28(17(19)2)20-8-9-21(29)25-24-20/h3-4,6-9,14H,5,10-13,15H2,1-2H3,(H,25,29). The van der Waals surface area contributed by atoms with Crippen molar-refractivity contribution in [2.75, 3.05) is 26.2 Å². The first kappa shape index (κ1) is 20.0. The molecule has 0 spiro atoms. The maximum atomic E-state index is 13.2. The van der Waals surface area contributed by atoms with E-state index in [2.05, 4.69) is 51.4 Å². The Morgan fingerprint density at radius 2 is 1.90 bits per heavy atom. The summed E-state index contributed by atoms with van der Waals surface area (Å²) in [7, 11) is 0. The topological polar surface area (TPSA) is 87.1 Å². The van der Waals surface area contributed by atoms with E-state index in [4.69, 9.17) is 0 Å². The SMILES string of the molecule is Cc1ccccc1CN1CCCN(C(=O)c2cnn(-c3ccc(=O)[nH]n3)c2C)CC1.